The average molecular weight is 619 g/mol. The highest BCUT2D eigenvalue weighted by molar-refractivity contribution is 6.10. The SMILES string of the molecule is c1ccc(-c2nc3cc4c(cc3o2)oc2cc(-c3ccc(N(c5ccccc5)c5ccc6c(c5)oc5ccccc56)cc3)ccc24)cc1. The standard InChI is InChI=1S/C43H26N2O3/c1-3-9-28(10-4-1)43-44-37-25-36-35-21-17-29(23-39(35)47-41(36)26-42(37)48-43)27-15-18-31(19-16-27)45(30-11-5-2-6-12-30)32-20-22-34-33-13-7-8-14-38(33)46-40(34)24-32/h1-26H. The van der Waals surface area contributed by atoms with Crippen molar-refractivity contribution < 1.29 is 13.3 Å². The first kappa shape index (κ1) is 26.6. The number of rotatable bonds is 5. The zero-order valence-electron chi connectivity index (χ0n) is 25.6. The molecule has 0 N–H and O–H groups in total. The fraction of sp³-hybridized carbons (Fsp3) is 0. The zero-order valence-corrected chi connectivity index (χ0v) is 25.6. The predicted molar refractivity (Wildman–Crippen MR) is 194 cm³/mol. The molecule has 10 aromatic rings. The molecule has 226 valence electrons. The molecule has 0 fully saturated rings. The van der Waals surface area contributed by atoms with Crippen molar-refractivity contribution in [3.8, 4) is 22.6 Å². The second-order valence-electron chi connectivity index (χ2n) is 12.0. The van der Waals surface area contributed by atoms with Crippen molar-refractivity contribution in [3.05, 3.63) is 158 Å². The summed E-state index contributed by atoms with van der Waals surface area (Å²) in [7, 11) is 0. The Kier molecular flexibility index (Phi) is 5.81. The molecule has 0 bridgehead atoms. The number of oxazole rings is 1. The van der Waals surface area contributed by atoms with E-state index in [1.54, 1.807) is 0 Å². The van der Waals surface area contributed by atoms with Gasteiger partial charge in [-0.25, -0.2) is 4.98 Å². The maximum atomic E-state index is 6.37. The van der Waals surface area contributed by atoms with Gasteiger partial charge in [0.2, 0.25) is 5.89 Å². The topological polar surface area (TPSA) is 55.6 Å². The van der Waals surface area contributed by atoms with Crippen molar-refractivity contribution in [2.45, 2.75) is 0 Å². The summed E-state index contributed by atoms with van der Waals surface area (Å²) >= 11 is 0. The predicted octanol–water partition coefficient (Wildman–Crippen LogP) is 12.4. The summed E-state index contributed by atoms with van der Waals surface area (Å²) in [5.41, 5.74) is 11.2. The molecule has 0 saturated heterocycles. The molecule has 5 nitrogen and oxygen atoms in total. The van der Waals surface area contributed by atoms with E-state index in [0.29, 0.717) is 11.5 Å². The van der Waals surface area contributed by atoms with E-state index in [2.05, 4.69) is 102 Å². The molecule has 3 aromatic heterocycles. The molecular weight excluding hydrogens is 592 g/mol. The Morgan fingerprint density at radius 3 is 1.81 bits per heavy atom. The lowest BCUT2D eigenvalue weighted by Gasteiger charge is -2.25. The number of nitrogens with zero attached hydrogens (tertiary/aromatic N) is 2. The van der Waals surface area contributed by atoms with E-state index in [0.717, 1.165) is 83.1 Å². The molecule has 0 aliphatic carbocycles. The summed E-state index contributed by atoms with van der Waals surface area (Å²) in [5.74, 6) is 0.606. The first-order valence-corrected chi connectivity index (χ1v) is 15.9. The molecule has 48 heavy (non-hydrogen) atoms. The number of hydrogen-bond donors (Lipinski definition) is 0. The quantitative estimate of drug-likeness (QED) is 0.192. The van der Waals surface area contributed by atoms with Crippen LogP contribution in [-0.4, -0.2) is 4.98 Å². The van der Waals surface area contributed by atoms with Crippen LogP contribution in [0.1, 0.15) is 0 Å². The monoisotopic (exact) mass is 618 g/mol. The summed E-state index contributed by atoms with van der Waals surface area (Å²) in [6.45, 7) is 0. The second-order valence-corrected chi connectivity index (χ2v) is 12.0. The highest BCUT2D eigenvalue weighted by atomic mass is 16.4. The molecular formula is C43H26N2O3. The normalized spacial score (nSPS) is 11.8. The van der Waals surface area contributed by atoms with Gasteiger partial charge in [0.05, 0.1) is 0 Å². The lowest BCUT2D eigenvalue weighted by atomic mass is 10.0. The minimum atomic E-state index is 0.606. The molecule has 0 aliphatic rings. The smallest absolute Gasteiger partial charge is 0.227 e. The third kappa shape index (κ3) is 4.29. The summed E-state index contributed by atoms with van der Waals surface area (Å²) in [6.07, 6.45) is 0. The van der Waals surface area contributed by atoms with Crippen LogP contribution in [0.5, 0.6) is 0 Å². The second kappa shape index (κ2) is 10.5. The van der Waals surface area contributed by atoms with E-state index in [-0.39, 0.29) is 0 Å². The van der Waals surface area contributed by atoms with Crippen molar-refractivity contribution in [2.75, 3.05) is 4.90 Å². The van der Waals surface area contributed by atoms with Gasteiger partial charge in [0.15, 0.2) is 5.58 Å². The van der Waals surface area contributed by atoms with Gasteiger partial charge in [-0.15, -0.1) is 0 Å². The highest BCUT2D eigenvalue weighted by Gasteiger charge is 2.17. The number of fused-ring (bicyclic) bond motifs is 7. The lowest BCUT2D eigenvalue weighted by Crippen LogP contribution is -2.09. The third-order valence-corrected chi connectivity index (χ3v) is 9.10. The van der Waals surface area contributed by atoms with Gasteiger partial charge in [-0.1, -0.05) is 72.8 Å². The lowest BCUT2D eigenvalue weighted by molar-refractivity contribution is 0.617. The minimum Gasteiger partial charge on any atom is -0.456 e. The Morgan fingerprint density at radius 2 is 0.958 bits per heavy atom. The van der Waals surface area contributed by atoms with Crippen LogP contribution >= 0.6 is 0 Å². The van der Waals surface area contributed by atoms with E-state index in [1.165, 1.54) is 0 Å². The molecule has 3 heterocycles. The molecule has 0 atom stereocenters. The summed E-state index contributed by atoms with van der Waals surface area (Å²) in [6, 6.07) is 54.0. The van der Waals surface area contributed by atoms with Gasteiger partial charge in [-0.2, -0.15) is 0 Å². The van der Waals surface area contributed by atoms with E-state index >= 15 is 0 Å². The van der Waals surface area contributed by atoms with Crippen LogP contribution < -0.4 is 4.90 Å². The summed E-state index contributed by atoms with van der Waals surface area (Å²) < 4.78 is 18.7. The fourth-order valence-electron chi connectivity index (χ4n) is 6.76. The van der Waals surface area contributed by atoms with Crippen molar-refractivity contribution in [1.29, 1.82) is 0 Å². The van der Waals surface area contributed by atoms with Crippen LogP contribution in [0.2, 0.25) is 0 Å². The Balaban J connectivity index is 1.01. The zero-order chi connectivity index (χ0) is 31.6. The van der Waals surface area contributed by atoms with Gasteiger partial charge in [-0.3, -0.25) is 0 Å². The van der Waals surface area contributed by atoms with Gasteiger partial charge in [-0.05, 0) is 83.9 Å². The largest absolute Gasteiger partial charge is 0.456 e. The van der Waals surface area contributed by atoms with Crippen molar-refractivity contribution in [3.63, 3.8) is 0 Å². The van der Waals surface area contributed by atoms with Gasteiger partial charge < -0.3 is 18.2 Å². The minimum absolute atomic E-state index is 0.606. The summed E-state index contributed by atoms with van der Waals surface area (Å²) in [4.78, 5) is 7.01. The van der Waals surface area contributed by atoms with Crippen LogP contribution in [0.15, 0.2) is 171 Å². The molecule has 0 saturated carbocycles. The molecule has 0 radical (unpaired) electrons. The number of anilines is 3. The fourth-order valence-corrected chi connectivity index (χ4v) is 6.76. The van der Waals surface area contributed by atoms with E-state index in [4.69, 9.17) is 18.2 Å². The summed E-state index contributed by atoms with van der Waals surface area (Å²) in [5, 5.41) is 4.31. The van der Waals surface area contributed by atoms with Crippen LogP contribution in [0, 0.1) is 0 Å². The molecule has 0 unspecified atom stereocenters. The molecule has 7 aromatic carbocycles. The Bertz CT molecular complexity index is 2770. The maximum Gasteiger partial charge on any atom is 0.227 e. The number of benzene rings is 7. The van der Waals surface area contributed by atoms with Crippen molar-refractivity contribution in [1.82, 2.24) is 4.98 Å². The third-order valence-electron chi connectivity index (χ3n) is 9.10. The molecule has 0 aliphatic heterocycles. The van der Waals surface area contributed by atoms with Gasteiger partial charge in [0.1, 0.15) is 27.8 Å². The van der Waals surface area contributed by atoms with Gasteiger partial charge in [0.25, 0.3) is 0 Å². The van der Waals surface area contributed by atoms with Crippen molar-refractivity contribution >= 4 is 72.0 Å². The van der Waals surface area contributed by atoms with Crippen molar-refractivity contribution in [2.24, 2.45) is 0 Å². The van der Waals surface area contributed by atoms with E-state index in [9.17, 15) is 0 Å². The van der Waals surface area contributed by atoms with Gasteiger partial charge in [0, 0.05) is 56.3 Å². The number of aromatic nitrogens is 1. The van der Waals surface area contributed by atoms with E-state index in [1.807, 2.05) is 60.7 Å². The Labute approximate surface area is 274 Å². The van der Waals surface area contributed by atoms with Crippen LogP contribution in [-0.2, 0) is 0 Å². The highest BCUT2D eigenvalue weighted by Crippen LogP contribution is 2.40. The molecule has 10 rings (SSSR count). The van der Waals surface area contributed by atoms with E-state index < -0.39 is 0 Å². The average Bonchev–Trinajstić information content (AvgIpc) is 3.84. The van der Waals surface area contributed by atoms with Crippen LogP contribution in [0.4, 0.5) is 17.1 Å². The first-order chi connectivity index (χ1) is 23.7. The number of para-hydroxylation sites is 2. The maximum absolute atomic E-state index is 6.37. The molecule has 5 heteroatoms. The molecule has 0 amide bonds. The van der Waals surface area contributed by atoms with Crippen LogP contribution in [0.3, 0.4) is 0 Å². The first-order valence-electron chi connectivity index (χ1n) is 15.9. The number of furan rings is 2. The van der Waals surface area contributed by atoms with Crippen LogP contribution in [0.25, 0.3) is 77.6 Å². The Morgan fingerprint density at radius 1 is 0.354 bits per heavy atom. The van der Waals surface area contributed by atoms with Gasteiger partial charge >= 0.3 is 0 Å². The Hall–Kier alpha value is -6.59. The molecule has 0 spiro atoms. The number of hydrogen-bond acceptors (Lipinski definition) is 5.